The first-order valence-corrected chi connectivity index (χ1v) is 15.9. The van der Waals surface area contributed by atoms with E-state index in [2.05, 4.69) is 84.4 Å². The molecular formula is C43H28N2O3. The van der Waals surface area contributed by atoms with Gasteiger partial charge in [0.15, 0.2) is 5.58 Å². The molecule has 9 rings (SSSR count). The molecule has 5 aromatic carbocycles. The van der Waals surface area contributed by atoms with Gasteiger partial charge in [0, 0.05) is 56.4 Å². The number of hydrogen-bond acceptors (Lipinski definition) is 5. The van der Waals surface area contributed by atoms with E-state index in [0.717, 1.165) is 88.7 Å². The monoisotopic (exact) mass is 620 g/mol. The third kappa shape index (κ3) is 4.40. The number of para-hydroxylation sites is 3. The average Bonchev–Trinajstić information content (AvgIpc) is 3.85. The molecule has 5 heteroatoms. The number of hydrogen-bond donors (Lipinski definition) is 0. The van der Waals surface area contributed by atoms with E-state index in [1.54, 1.807) is 12.3 Å². The van der Waals surface area contributed by atoms with Crippen molar-refractivity contribution in [2.45, 2.75) is 6.92 Å². The van der Waals surface area contributed by atoms with Gasteiger partial charge in [-0.25, -0.2) is 4.98 Å². The molecule has 0 saturated carbocycles. The van der Waals surface area contributed by atoms with Crippen molar-refractivity contribution < 1.29 is 13.3 Å². The summed E-state index contributed by atoms with van der Waals surface area (Å²) in [7, 11) is 0. The maximum absolute atomic E-state index is 6.58. The summed E-state index contributed by atoms with van der Waals surface area (Å²) in [6, 6.07) is 37.1. The second kappa shape index (κ2) is 11.1. The van der Waals surface area contributed by atoms with Gasteiger partial charge in [0.1, 0.15) is 28.0 Å². The standard InChI is InChI=1S/C43H28N2O3/c1-3-10-31-33-14-7-13-30(41(33)46-37(31)4-2)29-23-36(35-16-8-15-34-32-12-5-6-17-38(32)47-42(34)35)40-39(24-29)48-43(45-40)27-20-18-26(19-21-27)28-11-9-22-44-25-28/h3-25H,2H2,1H3/b10-3-. The van der Waals surface area contributed by atoms with E-state index in [1.807, 2.05) is 61.7 Å². The second-order valence-electron chi connectivity index (χ2n) is 11.8. The van der Waals surface area contributed by atoms with Gasteiger partial charge in [-0.3, -0.25) is 4.98 Å². The molecule has 0 aliphatic heterocycles. The number of aromatic nitrogens is 2. The molecule has 48 heavy (non-hydrogen) atoms. The van der Waals surface area contributed by atoms with Crippen molar-refractivity contribution in [3.63, 3.8) is 0 Å². The highest BCUT2D eigenvalue weighted by Crippen LogP contribution is 2.43. The van der Waals surface area contributed by atoms with Crippen molar-refractivity contribution in [1.82, 2.24) is 9.97 Å². The Morgan fingerprint density at radius 1 is 0.604 bits per heavy atom. The molecule has 0 radical (unpaired) electrons. The van der Waals surface area contributed by atoms with Crippen molar-refractivity contribution in [1.29, 1.82) is 0 Å². The van der Waals surface area contributed by atoms with Gasteiger partial charge in [-0.2, -0.15) is 0 Å². The van der Waals surface area contributed by atoms with Crippen LogP contribution in [0.15, 0.2) is 147 Å². The van der Waals surface area contributed by atoms with E-state index in [4.69, 9.17) is 18.2 Å². The summed E-state index contributed by atoms with van der Waals surface area (Å²) in [4.78, 5) is 9.37. The van der Waals surface area contributed by atoms with Crippen LogP contribution in [0.25, 0.3) is 101 Å². The molecule has 0 bridgehead atoms. The van der Waals surface area contributed by atoms with Gasteiger partial charge in [-0.1, -0.05) is 91.5 Å². The normalized spacial score (nSPS) is 11.9. The van der Waals surface area contributed by atoms with E-state index in [9.17, 15) is 0 Å². The summed E-state index contributed by atoms with van der Waals surface area (Å²) < 4.78 is 19.5. The van der Waals surface area contributed by atoms with Crippen LogP contribution in [0.2, 0.25) is 0 Å². The zero-order valence-electron chi connectivity index (χ0n) is 26.1. The highest BCUT2D eigenvalue weighted by atomic mass is 16.4. The molecule has 0 fully saturated rings. The Hall–Kier alpha value is -6.46. The molecule has 0 amide bonds. The number of oxazole rings is 1. The Bertz CT molecular complexity index is 2690. The molecule has 0 aliphatic rings. The first kappa shape index (κ1) is 27.8. The van der Waals surface area contributed by atoms with Crippen LogP contribution in [0.3, 0.4) is 0 Å². The van der Waals surface area contributed by atoms with Crippen LogP contribution in [0.1, 0.15) is 18.2 Å². The Morgan fingerprint density at radius 3 is 2.19 bits per heavy atom. The van der Waals surface area contributed by atoms with E-state index < -0.39 is 0 Å². The molecule has 5 nitrogen and oxygen atoms in total. The van der Waals surface area contributed by atoms with Crippen molar-refractivity contribution in [2.75, 3.05) is 0 Å². The van der Waals surface area contributed by atoms with Crippen molar-refractivity contribution >= 4 is 56.2 Å². The number of rotatable bonds is 6. The highest BCUT2D eigenvalue weighted by Gasteiger charge is 2.21. The molecule has 0 spiro atoms. The number of fused-ring (bicyclic) bond motifs is 5. The fourth-order valence-corrected chi connectivity index (χ4v) is 6.69. The third-order valence-electron chi connectivity index (χ3n) is 8.93. The summed E-state index contributed by atoms with van der Waals surface area (Å²) in [6.45, 7) is 6.01. The van der Waals surface area contributed by atoms with Crippen molar-refractivity contribution in [3.8, 4) is 44.8 Å². The Kier molecular flexibility index (Phi) is 6.44. The topological polar surface area (TPSA) is 65.2 Å². The van der Waals surface area contributed by atoms with Gasteiger partial charge in [-0.05, 0) is 66.1 Å². The summed E-state index contributed by atoms with van der Waals surface area (Å²) in [5.74, 6) is 1.28. The minimum absolute atomic E-state index is 0.540. The van der Waals surface area contributed by atoms with Crippen LogP contribution in [0.5, 0.6) is 0 Å². The number of benzene rings is 5. The molecule has 0 aliphatic carbocycles. The van der Waals surface area contributed by atoms with Crippen molar-refractivity contribution in [3.05, 3.63) is 146 Å². The number of nitrogens with zero attached hydrogens (tertiary/aromatic N) is 2. The minimum Gasteiger partial charge on any atom is -0.455 e. The summed E-state index contributed by atoms with van der Waals surface area (Å²) in [5, 5.41) is 3.15. The van der Waals surface area contributed by atoms with Gasteiger partial charge in [0.05, 0.1) is 0 Å². The van der Waals surface area contributed by atoms with E-state index in [0.29, 0.717) is 11.5 Å². The zero-order chi connectivity index (χ0) is 32.2. The molecule has 0 atom stereocenters. The number of pyridine rings is 1. The SMILES string of the molecule is C=Cc1oc2c(-c3cc(-c4cccc5c4oc4ccccc45)c4nc(-c5ccc(-c6cccnc6)cc5)oc4c3)cccc2c1/C=C\C. The lowest BCUT2D eigenvalue weighted by Crippen LogP contribution is -1.86. The molecule has 228 valence electrons. The molecule has 0 N–H and O–H groups in total. The van der Waals surface area contributed by atoms with Crippen molar-refractivity contribution in [2.24, 2.45) is 0 Å². The Balaban J connectivity index is 1.29. The van der Waals surface area contributed by atoms with Crippen LogP contribution < -0.4 is 0 Å². The molecule has 4 heterocycles. The Labute approximate surface area is 276 Å². The van der Waals surface area contributed by atoms with E-state index >= 15 is 0 Å². The smallest absolute Gasteiger partial charge is 0.227 e. The van der Waals surface area contributed by atoms with E-state index in [-0.39, 0.29) is 0 Å². The van der Waals surface area contributed by atoms with Gasteiger partial charge >= 0.3 is 0 Å². The lowest BCUT2D eigenvalue weighted by Gasteiger charge is -2.08. The lowest BCUT2D eigenvalue weighted by molar-refractivity contribution is 0.604. The van der Waals surface area contributed by atoms with Crippen LogP contribution in [0, 0.1) is 0 Å². The fraction of sp³-hybridized carbons (Fsp3) is 0.0233. The fourth-order valence-electron chi connectivity index (χ4n) is 6.69. The number of furan rings is 2. The van der Waals surface area contributed by atoms with Crippen LogP contribution in [0.4, 0.5) is 0 Å². The van der Waals surface area contributed by atoms with Gasteiger partial charge < -0.3 is 13.3 Å². The number of allylic oxidation sites excluding steroid dienone is 1. The predicted octanol–water partition coefficient (Wildman–Crippen LogP) is 12.2. The van der Waals surface area contributed by atoms with Crippen LogP contribution >= 0.6 is 0 Å². The Morgan fingerprint density at radius 2 is 1.38 bits per heavy atom. The summed E-state index contributed by atoms with van der Waals surface area (Å²) in [5.41, 5.74) is 11.6. The highest BCUT2D eigenvalue weighted by molar-refractivity contribution is 6.12. The molecule has 0 saturated heterocycles. The first-order chi connectivity index (χ1) is 23.7. The maximum Gasteiger partial charge on any atom is 0.227 e. The average molecular weight is 621 g/mol. The first-order valence-electron chi connectivity index (χ1n) is 15.9. The third-order valence-corrected chi connectivity index (χ3v) is 8.93. The molecule has 4 aromatic heterocycles. The zero-order valence-corrected chi connectivity index (χ0v) is 26.1. The van der Waals surface area contributed by atoms with Gasteiger partial charge in [0.25, 0.3) is 0 Å². The minimum atomic E-state index is 0.540. The van der Waals surface area contributed by atoms with Gasteiger partial charge in [-0.15, -0.1) is 0 Å². The largest absolute Gasteiger partial charge is 0.455 e. The predicted molar refractivity (Wildman–Crippen MR) is 195 cm³/mol. The summed E-state index contributed by atoms with van der Waals surface area (Å²) >= 11 is 0. The second-order valence-corrected chi connectivity index (χ2v) is 11.8. The quantitative estimate of drug-likeness (QED) is 0.185. The summed E-state index contributed by atoms with van der Waals surface area (Å²) in [6.07, 6.45) is 9.48. The van der Waals surface area contributed by atoms with Crippen LogP contribution in [-0.2, 0) is 0 Å². The molecule has 0 unspecified atom stereocenters. The molecule has 9 aromatic rings. The lowest BCUT2D eigenvalue weighted by atomic mass is 9.95. The van der Waals surface area contributed by atoms with Crippen LogP contribution in [-0.4, -0.2) is 9.97 Å². The van der Waals surface area contributed by atoms with E-state index in [1.165, 1.54) is 0 Å². The van der Waals surface area contributed by atoms with Gasteiger partial charge in [0.2, 0.25) is 5.89 Å². The maximum atomic E-state index is 6.58. The molecular weight excluding hydrogens is 592 g/mol.